The molecule has 0 radical (unpaired) electrons. The molecule has 2 aromatic carbocycles. The first-order valence-electron chi connectivity index (χ1n) is 9.10. The molecule has 1 N–H and O–H groups in total. The molecule has 0 aromatic heterocycles. The van der Waals surface area contributed by atoms with E-state index >= 15 is 0 Å². The van der Waals surface area contributed by atoms with Gasteiger partial charge in [-0.2, -0.15) is 4.31 Å². The number of sulfonamides is 1. The van der Waals surface area contributed by atoms with Crippen LogP contribution in [0.2, 0.25) is 0 Å². The Labute approximate surface area is 161 Å². The van der Waals surface area contributed by atoms with E-state index in [1.54, 1.807) is 18.2 Å². The number of carboxylic acids is 1. The van der Waals surface area contributed by atoms with Crippen LogP contribution in [0.15, 0.2) is 48.5 Å². The lowest BCUT2D eigenvalue weighted by atomic mass is 10.1. The highest BCUT2D eigenvalue weighted by atomic mass is 32.2. The summed E-state index contributed by atoms with van der Waals surface area (Å²) in [6.45, 7) is 2.66. The minimum atomic E-state index is -3.40. The van der Waals surface area contributed by atoms with Crippen LogP contribution < -0.4 is 0 Å². The summed E-state index contributed by atoms with van der Waals surface area (Å²) in [5, 5.41) is 8.93. The molecular weight excluding hydrogens is 362 g/mol. The molecular formula is C21H27NO4S. The monoisotopic (exact) mass is 389 g/mol. The molecule has 0 fully saturated rings. The molecule has 2 rings (SSSR count). The molecule has 0 aliphatic carbocycles. The van der Waals surface area contributed by atoms with E-state index in [-0.39, 0.29) is 19.5 Å². The first-order valence-corrected chi connectivity index (χ1v) is 11.0. The van der Waals surface area contributed by atoms with Crippen LogP contribution in [-0.2, 0) is 40.7 Å². The van der Waals surface area contributed by atoms with Gasteiger partial charge in [0.25, 0.3) is 0 Å². The van der Waals surface area contributed by atoms with Crippen molar-refractivity contribution >= 4 is 16.0 Å². The molecule has 0 unspecified atom stereocenters. The van der Waals surface area contributed by atoms with Crippen LogP contribution in [-0.4, -0.2) is 30.1 Å². The zero-order valence-corrected chi connectivity index (χ0v) is 16.7. The van der Waals surface area contributed by atoms with E-state index in [2.05, 4.69) is 19.1 Å². The fourth-order valence-corrected chi connectivity index (χ4v) is 3.67. The van der Waals surface area contributed by atoms with Crippen molar-refractivity contribution in [1.82, 2.24) is 4.31 Å². The van der Waals surface area contributed by atoms with Gasteiger partial charge in [-0.05, 0) is 35.1 Å². The number of unbranched alkanes of at least 4 members (excludes halogenated alkanes) is 1. The predicted molar refractivity (Wildman–Crippen MR) is 107 cm³/mol. The standard InChI is InChI=1S/C21H27NO4S/c1-3-4-6-17-9-11-18(12-10-17)15-22(27(2,25)26)16-20-8-5-7-19(13-20)14-21(23)24/h5,7-13H,3-4,6,14-16H2,1-2H3,(H,23,24). The second kappa shape index (κ2) is 9.67. The van der Waals surface area contributed by atoms with Crippen molar-refractivity contribution in [1.29, 1.82) is 0 Å². The number of benzene rings is 2. The smallest absolute Gasteiger partial charge is 0.307 e. The molecule has 0 aliphatic rings. The van der Waals surface area contributed by atoms with E-state index in [1.165, 1.54) is 16.1 Å². The first kappa shape index (κ1) is 21.1. The van der Waals surface area contributed by atoms with Crippen molar-refractivity contribution < 1.29 is 18.3 Å². The summed E-state index contributed by atoms with van der Waals surface area (Å²) in [4.78, 5) is 10.9. The minimum absolute atomic E-state index is 0.0774. The number of hydrogen-bond donors (Lipinski definition) is 1. The van der Waals surface area contributed by atoms with Gasteiger partial charge in [0, 0.05) is 13.1 Å². The fraction of sp³-hybridized carbons (Fsp3) is 0.381. The molecule has 2 aromatic rings. The van der Waals surface area contributed by atoms with Gasteiger partial charge in [0.1, 0.15) is 0 Å². The molecule has 0 bridgehead atoms. The Hall–Kier alpha value is -2.18. The normalized spacial score (nSPS) is 11.7. The van der Waals surface area contributed by atoms with Gasteiger partial charge in [0.2, 0.25) is 10.0 Å². The Morgan fingerprint density at radius 1 is 0.963 bits per heavy atom. The van der Waals surface area contributed by atoms with Crippen molar-refractivity contribution in [3.05, 3.63) is 70.8 Å². The van der Waals surface area contributed by atoms with E-state index in [9.17, 15) is 13.2 Å². The second-order valence-electron chi connectivity index (χ2n) is 6.84. The maximum atomic E-state index is 12.2. The Morgan fingerprint density at radius 3 is 2.15 bits per heavy atom. The Balaban J connectivity index is 2.13. The largest absolute Gasteiger partial charge is 0.481 e. The molecule has 0 amide bonds. The SMILES string of the molecule is CCCCc1ccc(CN(Cc2cccc(CC(=O)O)c2)S(C)(=O)=O)cc1. The van der Waals surface area contributed by atoms with Gasteiger partial charge in [-0.15, -0.1) is 0 Å². The zero-order chi connectivity index (χ0) is 19.9. The van der Waals surface area contributed by atoms with Crippen LogP contribution in [0.1, 0.15) is 42.0 Å². The molecule has 0 atom stereocenters. The molecule has 0 heterocycles. The number of hydrogen-bond acceptors (Lipinski definition) is 3. The highest BCUT2D eigenvalue weighted by molar-refractivity contribution is 7.88. The number of carbonyl (C=O) groups is 1. The van der Waals surface area contributed by atoms with Gasteiger partial charge in [-0.1, -0.05) is 61.9 Å². The van der Waals surface area contributed by atoms with Crippen LogP contribution in [0.3, 0.4) is 0 Å². The van der Waals surface area contributed by atoms with E-state index < -0.39 is 16.0 Å². The average Bonchev–Trinajstić information content (AvgIpc) is 2.59. The van der Waals surface area contributed by atoms with Crippen molar-refractivity contribution in [3.63, 3.8) is 0 Å². The quantitative estimate of drug-likeness (QED) is 0.673. The number of nitrogens with zero attached hydrogens (tertiary/aromatic N) is 1. The Bertz CT molecular complexity index is 860. The van der Waals surface area contributed by atoms with Crippen LogP contribution in [0, 0.1) is 0 Å². The summed E-state index contributed by atoms with van der Waals surface area (Å²) in [5.74, 6) is -0.907. The van der Waals surface area contributed by atoms with Gasteiger partial charge in [-0.25, -0.2) is 8.42 Å². The molecule has 0 saturated heterocycles. The van der Waals surface area contributed by atoms with E-state index in [0.717, 1.165) is 30.4 Å². The number of carboxylic acid groups (broad SMARTS) is 1. The van der Waals surface area contributed by atoms with Gasteiger partial charge in [0.15, 0.2) is 0 Å². The van der Waals surface area contributed by atoms with Gasteiger partial charge < -0.3 is 5.11 Å². The topological polar surface area (TPSA) is 74.7 Å². The minimum Gasteiger partial charge on any atom is -0.481 e. The fourth-order valence-electron chi connectivity index (χ4n) is 2.90. The predicted octanol–water partition coefficient (Wildman–Crippen LogP) is 3.62. The summed E-state index contributed by atoms with van der Waals surface area (Å²) in [7, 11) is -3.40. The lowest BCUT2D eigenvalue weighted by molar-refractivity contribution is -0.136. The lowest BCUT2D eigenvalue weighted by Crippen LogP contribution is -2.29. The maximum absolute atomic E-state index is 12.2. The summed E-state index contributed by atoms with van der Waals surface area (Å²) < 4.78 is 25.9. The molecule has 27 heavy (non-hydrogen) atoms. The molecule has 0 spiro atoms. The molecule has 6 heteroatoms. The summed E-state index contributed by atoms with van der Waals surface area (Å²) in [6.07, 6.45) is 4.44. The summed E-state index contributed by atoms with van der Waals surface area (Å²) >= 11 is 0. The zero-order valence-electron chi connectivity index (χ0n) is 15.9. The average molecular weight is 390 g/mol. The van der Waals surface area contributed by atoms with Gasteiger partial charge >= 0.3 is 5.97 Å². The Morgan fingerprint density at radius 2 is 1.56 bits per heavy atom. The Kier molecular flexibility index (Phi) is 7.56. The third-order valence-corrected chi connectivity index (χ3v) is 5.57. The van der Waals surface area contributed by atoms with Gasteiger partial charge in [0.05, 0.1) is 12.7 Å². The van der Waals surface area contributed by atoms with Crippen LogP contribution >= 0.6 is 0 Å². The van der Waals surface area contributed by atoms with Crippen molar-refractivity contribution in [2.24, 2.45) is 0 Å². The molecule has 0 saturated carbocycles. The molecule has 0 aliphatic heterocycles. The van der Waals surface area contributed by atoms with E-state index in [1.807, 2.05) is 18.2 Å². The summed E-state index contributed by atoms with van der Waals surface area (Å²) in [6, 6.07) is 15.1. The molecule has 5 nitrogen and oxygen atoms in total. The van der Waals surface area contributed by atoms with Crippen LogP contribution in [0.4, 0.5) is 0 Å². The number of rotatable bonds is 10. The van der Waals surface area contributed by atoms with E-state index in [0.29, 0.717) is 5.56 Å². The number of aryl methyl sites for hydroxylation is 1. The van der Waals surface area contributed by atoms with Crippen LogP contribution in [0.5, 0.6) is 0 Å². The second-order valence-corrected chi connectivity index (χ2v) is 8.82. The highest BCUT2D eigenvalue weighted by Gasteiger charge is 2.18. The van der Waals surface area contributed by atoms with Crippen molar-refractivity contribution in [3.8, 4) is 0 Å². The van der Waals surface area contributed by atoms with Crippen molar-refractivity contribution in [2.75, 3.05) is 6.26 Å². The molecule has 146 valence electrons. The first-order chi connectivity index (χ1) is 12.8. The van der Waals surface area contributed by atoms with Crippen molar-refractivity contribution in [2.45, 2.75) is 45.7 Å². The number of aliphatic carboxylic acids is 1. The van der Waals surface area contributed by atoms with E-state index in [4.69, 9.17) is 5.11 Å². The third-order valence-electron chi connectivity index (χ3n) is 4.38. The summed E-state index contributed by atoms with van der Waals surface area (Å²) in [5.41, 5.74) is 3.63. The van der Waals surface area contributed by atoms with Gasteiger partial charge in [-0.3, -0.25) is 4.79 Å². The maximum Gasteiger partial charge on any atom is 0.307 e. The highest BCUT2D eigenvalue weighted by Crippen LogP contribution is 2.16. The third kappa shape index (κ3) is 7.15. The van der Waals surface area contributed by atoms with Crippen LogP contribution in [0.25, 0.3) is 0 Å². The lowest BCUT2D eigenvalue weighted by Gasteiger charge is -2.20.